The summed E-state index contributed by atoms with van der Waals surface area (Å²) in [7, 11) is -3.63. The second kappa shape index (κ2) is 4.86. The number of hydrogen-bond acceptors (Lipinski definition) is 6. The summed E-state index contributed by atoms with van der Waals surface area (Å²) in [5, 5.41) is -0.271. The fourth-order valence-corrected chi connectivity index (χ4v) is 4.54. The molecule has 2 saturated heterocycles. The highest BCUT2D eigenvalue weighted by molar-refractivity contribution is 8.14. The van der Waals surface area contributed by atoms with Crippen molar-refractivity contribution in [3.63, 3.8) is 0 Å². The van der Waals surface area contributed by atoms with Crippen LogP contribution in [0.2, 0.25) is 0 Å². The summed E-state index contributed by atoms with van der Waals surface area (Å²) in [4.78, 5) is 30.7. The lowest BCUT2D eigenvalue weighted by atomic mass is 10.2. The zero-order valence-electron chi connectivity index (χ0n) is 10.4. The van der Waals surface area contributed by atoms with E-state index in [1.54, 1.807) is 0 Å². The smallest absolute Gasteiger partial charge is 0.289 e. The average Bonchev–Trinajstić information content (AvgIpc) is 3.10. The van der Waals surface area contributed by atoms with Crippen LogP contribution in [0.15, 0.2) is 17.6 Å². The Labute approximate surface area is 119 Å². The van der Waals surface area contributed by atoms with Gasteiger partial charge >= 0.3 is 0 Å². The first-order valence-corrected chi connectivity index (χ1v) is 8.40. The number of carbonyl (C=O) groups excluding carboxylic acids is 2. The third-order valence-corrected chi connectivity index (χ3v) is 5.99. The third-order valence-electron chi connectivity index (χ3n) is 3.37. The Bertz CT molecular complexity index is 626. The number of rotatable bonds is 3. The van der Waals surface area contributed by atoms with Gasteiger partial charge in [0.15, 0.2) is 5.03 Å². The summed E-state index contributed by atoms with van der Waals surface area (Å²) >= 11 is 0.960. The van der Waals surface area contributed by atoms with Crippen molar-refractivity contribution in [1.29, 1.82) is 0 Å². The fraction of sp³-hybridized carbons (Fsp3) is 0.500. The first-order valence-electron chi connectivity index (χ1n) is 5.97. The molecule has 1 atom stereocenters. The lowest BCUT2D eigenvalue weighted by molar-refractivity contribution is -0.126. The van der Waals surface area contributed by atoms with Gasteiger partial charge < -0.3 is 4.98 Å². The molecule has 0 bridgehead atoms. The van der Waals surface area contributed by atoms with Gasteiger partial charge in [-0.05, 0) is 6.42 Å². The molecule has 0 saturated carbocycles. The lowest BCUT2D eigenvalue weighted by Gasteiger charge is -2.21. The number of imidazole rings is 1. The van der Waals surface area contributed by atoms with E-state index in [-0.39, 0.29) is 41.1 Å². The van der Waals surface area contributed by atoms with Crippen molar-refractivity contribution < 1.29 is 18.0 Å². The summed E-state index contributed by atoms with van der Waals surface area (Å²) in [6, 6.07) is -0.373. The zero-order valence-corrected chi connectivity index (χ0v) is 12.0. The van der Waals surface area contributed by atoms with E-state index in [1.165, 1.54) is 21.7 Å². The lowest BCUT2D eigenvalue weighted by Crippen LogP contribution is -2.41. The number of hydrogen-bond donors (Lipinski definition) is 1. The summed E-state index contributed by atoms with van der Waals surface area (Å²) in [5.74, 6) is -0.103. The highest BCUT2D eigenvalue weighted by Crippen LogP contribution is 2.28. The number of sulfonamides is 1. The minimum Gasteiger partial charge on any atom is -0.335 e. The molecule has 0 aliphatic carbocycles. The van der Waals surface area contributed by atoms with Crippen LogP contribution in [-0.4, -0.2) is 63.6 Å². The summed E-state index contributed by atoms with van der Waals surface area (Å²) in [5.41, 5.74) is 0. The summed E-state index contributed by atoms with van der Waals surface area (Å²) < 4.78 is 25.8. The van der Waals surface area contributed by atoms with Crippen molar-refractivity contribution in [2.45, 2.75) is 17.5 Å². The molecule has 2 fully saturated rings. The van der Waals surface area contributed by atoms with E-state index in [2.05, 4.69) is 9.97 Å². The summed E-state index contributed by atoms with van der Waals surface area (Å²) in [6.45, 7) is 0.424. The molecular formula is C10H12N4O4S2. The molecule has 10 heteroatoms. The van der Waals surface area contributed by atoms with Gasteiger partial charge in [0, 0.05) is 13.1 Å². The maximum absolute atomic E-state index is 12.3. The molecule has 8 nitrogen and oxygen atoms in total. The second-order valence-electron chi connectivity index (χ2n) is 4.54. The highest BCUT2D eigenvalue weighted by Gasteiger charge is 2.42. The van der Waals surface area contributed by atoms with E-state index < -0.39 is 10.0 Å². The number of aromatic nitrogens is 2. The van der Waals surface area contributed by atoms with Crippen LogP contribution in [0.5, 0.6) is 0 Å². The van der Waals surface area contributed by atoms with E-state index in [0.29, 0.717) is 6.42 Å². The van der Waals surface area contributed by atoms with Gasteiger partial charge in [-0.2, -0.15) is 4.31 Å². The highest BCUT2D eigenvalue weighted by atomic mass is 32.2. The second-order valence-corrected chi connectivity index (χ2v) is 7.37. The number of aromatic amines is 1. The van der Waals surface area contributed by atoms with Crippen molar-refractivity contribution in [2.24, 2.45) is 0 Å². The topological polar surface area (TPSA) is 103 Å². The fourth-order valence-electron chi connectivity index (χ4n) is 2.38. The van der Waals surface area contributed by atoms with E-state index in [1.807, 2.05) is 0 Å². The molecule has 1 aromatic heterocycles. The molecule has 1 unspecified atom stereocenters. The van der Waals surface area contributed by atoms with Gasteiger partial charge in [-0.3, -0.25) is 14.5 Å². The molecule has 0 spiro atoms. The number of imide groups is 1. The van der Waals surface area contributed by atoms with Crippen LogP contribution in [0.1, 0.15) is 6.42 Å². The van der Waals surface area contributed by atoms with Crippen LogP contribution < -0.4 is 0 Å². The number of amides is 2. The van der Waals surface area contributed by atoms with Crippen molar-refractivity contribution in [1.82, 2.24) is 19.2 Å². The number of nitrogens with zero attached hydrogens (tertiary/aromatic N) is 3. The largest absolute Gasteiger partial charge is 0.335 e. The molecule has 3 heterocycles. The third kappa shape index (κ3) is 2.13. The number of thioether (sulfide) groups is 1. The Hall–Kier alpha value is -1.39. The van der Waals surface area contributed by atoms with Crippen LogP contribution in [0.4, 0.5) is 4.79 Å². The number of H-pyrrole nitrogens is 1. The summed E-state index contributed by atoms with van der Waals surface area (Å²) in [6.07, 6.45) is 3.00. The monoisotopic (exact) mass is 316 g/mol. The molecule has 2 aliphatic heterocycles. The van der Waals surface area contributed by atoms with Gasteiger partial charge in [-0.25, -0.2) is 13.4 Å². The van der Waals surface area contributed by atoms with Crippen molar-refractivity contribution in [3.8, 4) is 0 Å². The normalized spacial score (nSPS) is 24.8. The molecular weight excluding hydrogens is 304 g/mol. The van der Waals surface area contributed by atoms with Crippen molar-refractivity contribution in [3.05, 3.63) is 12.5 Å². The Morgan fingerprint density at radius 3 is 2.80 bits per heavy atom. The maximum Gasteiger partial charge on any atom is 0.289 e. The van der Waals surface area contributed by atoms with Gasteiger partial charge in [-0.15, -0.1) is 0 Å². The van der Waals surface area contributed by atoms with Gasteiger partial charge in [-0.1, -0.05) is 11.8 Å². The van der Waals surface area contributed by atoms with Gasteiger partial charge in [0.2, 0.25) is 5.91 Å². The molecule has 0 radical (unpaired) electrons. The maximum atomic E-state index is 12.3. The Morgan fingerprint density at radius 1 is 1.40 bits per heavy atom. The van der Waals surface area contributed by atoms with Crippen molar-refractivity contribution in [2.75, 3.05) is 18.8 Å². The van der Waals surface area contributed by atoms with Crippen molar-refractivity contribution >= 4 is 32.9 Å². The number of nitrogens with one attached hydrogen (secondary N) is 1. The molecule has 3 rings (SSSR count). The van der Waals surface area contributed by atoms with Gasteiger partial charge in [0.05, 0.1) is 24.3 Å². The van der Waals surface area contributed by atoms with Crippen LogP contribution in [0, 0.1) is 0 Å². The Morgan fingerprint density at radius 2 is 2.20 bits per heavy atom. The molecule has 108 valence electrons. The van der Waals surface area contributed by atoms with Gasteiger partial charge in [0.25, 0.3) is 15.3 Å². The molecule has 1 N–H and O–H groups in total. The van der Waals surface area contributed by atoms with Crippen LogP contribution in [-0.2, 0) is 14.8 Å². The van der Waals surface area contributed by atoms with Crippen LogP contribution in [0.3, 0.4) is 0 Å². The Balaban J connectivity index is 1.77. The minimum atomic E-state index is -3.63. The molecule has 1 aromatic rings. The van der Waals surface area contributed by atoms with Crippen LogP contribution in [0.25, 0.3) is 0 Å². The SMILES string of the molecule is O=C1CSC(=O)N1C1CCN(S(=O)(=O)c2cnc[nH]2)C1. The van der Waals surface area contributed by atoms with Crippen LogP contribution >= 0.6 is 11.8 Å². The molecule has 20 heavy (non-hydrogen) atoms. The first-order chi connectivity index (χ1) is 9.50. The van der Waals surface area contributed by atoms with E-state index in [0.717, 1.165) is 11.8 Å². The standard InChI is InChI=1S/C10H12N4O4S2/c15-9-5-19-10(16)14(9)7-1-2-13(4-7)20(17,18)8-3-11-6-12-8/h3,6-7H,1-2,4-5H2,(H,11,12). The predicted molar refractivity (Wildman–Crippen MR) is 70.5 cm³/mol. The molecule has 0 aromatic carbocycles. The van der Waals surface area contributed by atoms with E-state index in [4.69, 9.17) is 0 Å². The molecule has 2 amide bonds. The predicted octanol–water partition coefficient (Wildman–Crippen LogP) is -0.132. The first kappa shape index (κ1) is 13.6. The van der Waals surface area contributed by atoms with E-state index in [9.17, 15) is 18.0 Å². The minimum absolute atomic E-state index is 0.0200. The molecule has 2 aliphatic rings. The quantitative estimate of drug-likeness (QED) is 0.833. The zero-order chi connectivity index (χ0) is 14.3. The Kier molecular flexibility index (Phi) is 3.30. The van der Waals surface area contributed by atoms with Gasteiger partial charge in [0.1, 0.15) is 0 Å². The number of carbonyl (C=O) groups is 2. The average molecular weight is 316 g/mol. The van der Waals surface area contributed by atoms with E-state index >= 15 is 0 Å².